The van der Waals surface area contributed by atoms with Crippen molar-refractivity contribution in [3.05, 3.63) is 71.8 Å². The molecule has 0 heterocycles. The summed E-state index contributed by atoms with van der Waals surface area (Å²) >= 11 is 0. The van der Waals surface area contributed by atoms with Crippen molar-refractivity contribution in [2.45, 2.75) is 0 Å². The van der Waals surface area contributed by atoms with Crippen LogP contribution in [0.4, 0.5) is 0 Å². The smallest absolute Gasteiger partial charge is 0.0105 e. The third-order valence-electron chi connectivity index (χ3n) is 2.88. The van der Waals surface area contributed by atoms with Crippen LogP contribution >= 0.6 is 0 Å². The van der Waals surface area contributed by atoms with Crippen LogP contribution in [-0.4, -0.2) is 0 Å². The molecule has 0 radical (unpaired) electrons. The lowest BCUT2D eigenvalue weighted by molar-refractivity contribution is 1.65. The zero-order chi connectivity index (χ0) is 10.8. The molecule has 2 aromatic carbocycles. The zero-order valence-corrected chi connectivity index (χ0v) is 8.93. The molecule has 0 unspecified atom stereocenters. The van der Waals surface area contributed by atoms with Gasteiger partial charge in [0, 0.05) is 0 Å². The van der Waals surface area contributed by atoms with Crippen LogP contribution < -0.4 is 0 Å². The summed E-state index contributed by atoms with van der Waals surface area (Å²) in [4.78, 5) is 0. The molecule has 0 spiro atoms. The molecule has 0 N–H and O–H groups in total. The highest BCUT2D eigenvalue weighted by molar-refractivity contribution is 5.94. The first-order valence-corrected chi connectivity index (χ1v) is 5.48. The molecule has 76 valence electrons. The minimum absolute atomic E-state index is 1.28. The van der Waals surface area contributed by atoms with E-state index in [1.807, 2.05) is 0 Å². The lowest BCUT2D eigenvalue weighted by Gasteiger charge is -2.07. The maximum absolute atomic E-state index is 2.18. The third kappa shape index (κ3) is 1.49. The Morgan fingerprint density at radius 2 is 1.44 bits per heavy atom. The van der Waals surface area contributed by atoms with Crippen molar-refractivity contribution in [2.75, 3.05) is 0 Å². The first-order chi connectivity index (χ1) is 7.95. The van der Waals surface area contributed by atoms with E-state index in [2.05, 4.69) is 72.9 Å². The van der Waals surface area contributed by atoms with Gasteiger partial charge in [0.2, 0.25) is 0 Å². The molecule has 0 nitrogen and oxygen atoms in total. The lowest BCUT2D eigenvalue weighted by Crippen LogP contribution is -1.84. The molecule has 0 amide bonds. The van der Waals surface area contributed by atoms with E-state index < -0.39 is 0 Å². The van der Waals surface area contributed by atoms with Gasteiger partial charge in [0.1, 0.15) is 0 Å². The van der Waals surface area contributed by atoms with Gasteiger partial charge in [-0.25, -0.2) is 0 Å². The van der Waals surface area contributed by atoms with Gasteiger partial charge < -0.3 is 0 Å². The summed E-state index contributed by atoms with van der Waals surface area (Å²) in [6, 6.07) is 12.9. The Labute approximate surface area is 95.2 Å². The van der Waals surface area contributed by atoms with Crippen LogP contribution in [0.15, 0.2) is 60.7 Å². The normalized spacial score (nSPS) is 19.5. The number of hydrogen-bond donors (Lipinski definition) is 0. The second-order valence-corrected chi connectivity index (χ2v) is 3.89. The van der Waals surface area contributed by atoms with Crippen LogP contribution in [0.1, 0.15) is 11.1 Å². The van der Waals surface area contributed by atoms with E-state index >= 15 is 0 Å². The van der Waals surface area contributed by atoms with E-state index in [0.29, 0.717) is 0 Å². The summed E-state index contributed by atoms with van der Waals surface area (Å²) in [5, 5.41) is 2.61. The van der Waals surface area contributed by atoms with Crippen LogP contribution in [-0.2, 0) is 0 Å². The number of hydrogen-bond acceptors (Lipinski definition) is 0. The summed E-state index contributed by atoms with van der Waals surface area (Å²) in [5.41, 5.74) is 2.58. The molecule has 1 aliphatic carbocycles. The molecule has 0 saturated heterocycles. The van der Waals surface area contributed by atoms with E-state index in [0.717, 1.165) is 0 Å². The molecule has 0 fully saturated rings. The molecule has 0 saturated carbocycles. The highest BCUT2D eigenvalue weighted by Crippen LogP contribution is 2.25. The Morgan fingerprint density at radius 1 is 0.625 bits per heavy atom. The van der Waals surface area contributed by atoms with Crippen molar-refractivity contribution >= 4 is 22.9 Å². The molecule has 0 aliphatic heterocycles. The van der Waals surface area contributed by atoms with E-state index in [1.165, 1.54) is 21.9 Å². The first-order valence-electron chi connectivity index (χ1n) is 5.48. The van der Waals surface area contributed by atoms with Crippen LogP contribution in [0.25, 0.3) is 22.9 Å². The largest absolute Gasteiger partial charge is 0.0622 e. The van der Waals surface area contributed by atoms with Crippen molar-refractivity contribution in [3.8, 4) is 0 Å². The molecule has 3 rings (SSSR count). The van der Waals surface area contributed by atoms with Gasteiger partial charge in [-0.1, -0.05) is 72.9 Å². The van der Waals surface area contributed by atoms with Gasteiger partial charge in [0.25, 0.3) is 0 Å². The molecule has 0 atom stereocenters. The number of allylic oxidation sites excluding steroid dienone is 4. The van der Waals surface area contributed by atoms with Gasteiger partial charge >= 0.3 is 0 Å². The summed E-state index contributed by atoms with van der Waals surface area (Å²) < 4.78 is 0. The van der Waals surface area contributed by atoms with Gasteiger partial charge in [-0.2, -0.15) is 0 Å². The van der Waals surface area contributed by atoms with Gasteiger partial charge in [-0.05, 0) is 21.9 Å². The minimum Gasteiger partial charge on any atom is -0.0622 e. The highest BCUT2D eigenvalue weighted by Gasteiger charge is 2.02. The third-order valence-corrected chi connectivity index (χ3v) is 2.88. The molecular formula is C16H12. The quantitative estimate of drug-likeness (QED) is 0.595. The second kappa shape index (κ2) is 3.82. The van der Waals surface area contributed by atoms with Crippen molar-refractivity contribution in [1.82, 2.24) is 0 Å². The van der Waals surface area contributed by atoms with Crippen molar-refractivity contribution in [2.24, 2.45) is 0 Å². The fourth-order valence-electron chi connectivity index (χ4n) is 2.08. The molecule has 1 aliphatic rings. The van der Waals surface area contributed by atoms with E-state index in [-0.39, 0.29) is 0 Å². The summed E-state index contributed by atoms with van der Waals surface area (Å²) in [6.07, 6.45) is 12.6. The van der Waals surface area contributed by atoms with Gasteiger partial charge in [0.05, 0.1) is 0 Å². The van der Waals surface area contributed by atoms with E-state index in [1.54, 1.807) is 0 Å². The molecule has 0 heteroatoms. The van der Waals surface area contributed by atoms with Crippen molar-refractivity contribution in [3.63, 3.8) is 0 Å². The Morgan fingerprint density at radius 3 is 2.38 bits per heavy atom. The second-order valence-electron chi connectivity index (χ2n) is 3.89. The van der Waals surface area contributed by atoms with Gasteiger partial charge in [0.15, 0.2) is 0 Å². The average molecular weight is 204 g/mol. The fourth-order valence-corrected chi connectivity index (χ4v) is 2.08. The SMILES string of the molecule is C1=C\C=C/c2c(ccc3ccccc23)\C=C/1. The Hall–Kier alpha value is -2.08. The number of rotatable bonds is 0. The molecule has 0 bridgehead atoms. The Balaban J connectivity index is 2.38. The average Bonchev–Trinajstić information content (AvgIpc) is 2.29. The Kier molecular flexibility index (Phi) is 2.19. The number of fused-ring (bicyclic) bond motifs is 3. The minimum atomic E-state index is 1.28. The van der Waals surface area contributed by atoms with Gasteiger partial charge in [-0.3, -0.25) is 0 Å². The van der Waals surface area contributed by atoms with Crippen LogP contribution in [0.2, 0.25) is 0 Å². The highest BCUT2D eigenvalue weighted by atomic mass is 14.1. The maximum Gasteiger partial charge on any atom is -0.0105 e. The topological polar surface area (TPSA) is 0 Å². The van der Waals surface area contributed by atoms with Gasteiger partial charge in [-0.15, -0.1) is 0 Å². The van der Waals surface area contributed by atoms with Crippen molar-refractivity contribution < 1.29 is 0 Å². The first kappa shape index (κ1) is 9.17. The summed E-state index contributed by atoms with van der Waals surface area (Å²) in [7, 11) is 0. The standard InChI is InChI=1S/C16H12/c1-2-4-9-15-13(7-3-1)11-12-14-8-5-6-10-16(14)15/h1-12H/b2-1-,3-1?,4-2?,7-3-,9-4-,13-7?,15-9?. The molecular weight excluding hydrogens is 192 g/mol. The zero-order valence-electron chi connectivity index (χ0n) is 8.93. The molecule has 0 aromatic heterocycles. The van der Waals surface area contributed by atoms with E-state index in [4.69, 9.17) is 0 Å². The maximum atomic E-state index is 2.18. The Bertz CT molecular complexity index is 613. The molecule has 16 heavy (non-hydrogen) atoms. The van der Waals surface area contributed by atoms with Crippen molar-refractivity contribution in [1.29, 1.82) is 0 Å². The summed E-state index contributed by atoms with van der Waals surface area (Å²) in [5.74, 6) is 0. The van der Waals surface area contributed by atoms with Crippen LogP contribution in [0.3, 0.4) is 0 Å². The molecule has 2 aromatic rings. The number of benzene rings is 2. The fraction of sp³-hybridized carbons (Fsp3) is 0. The van der Waals surface area contributed by atoms with Crippen LogP contribution in [0.5, 0.6) is 0 Å². The monoisotopic (exact) mass is 204 g/mol. The predicted octanol–water partition coefficient (Wildman–Crippen LogP) is 4.44. The summed E-state index contributed by atoms with van der Waals surface area (Å²) in [6.45, 7) is 0. The van der Waals surface area contributed by atoms with E-state index in [9.17, 15) is 0 Å². The predicted molar refractivity (Wildman–Crippen MR) is 71.2 cm³/mol. The van der Waals surface area contributed by atoms with Crippen LogP contribution in [0, 0.1) is 0 Å². The lowest BCUT2D eigenvalue weighted by atomic mass is 9.97.